The number of aryl methyl sites for hydroxylation is 2. The molecular weight excluding hydrogens is 365 g/mol. The van der Waals surface area contributed by atoms with Gasteiger partial charge in [-0.1, -0.05) is 0 Å². The lowest BCUT2D eigenvalue weighted by molar-refractivity contribution is 0.345. The summed E-state index contributed by atoms with van der Waals surface area (Å²) in [5.74, 6) is 4.96. The van der Waals surface area contributed by atoms with Crippen molar-refractivity contribution in [3.05, 3.63) is 45.9 Å². The molecule has 0 amide bonds. The zero-order valence-corrected chi connectivity index (χ0v) is 14.2. The van der Waals surface area contributed by atoms with Gasteiger partial charge in [0.05, 0.1) is 16.4 Å². The molecule has 0 atom stereocenters. The molecule has 2 aromatic rings. The zero-order chi connectivity index (χ0) is 16.8. The van der Waals surface area contributed by atoms with Crippen LogP contribution >= 0.6 is 15.9 Å². The highest BCUT2D eigenvalue weighted by Crippen LogP contribution is 2.21. The number of nitrogens with zero attached hydrogens (tertiary/aromatic N) is 4. The average molecular weight is 380 g/mol. The first-order chi connectivity index (χ1) is 11.0. The standard InChI is InChI=1S/C15H15BrFN5O/c1-9-6-20-15(21-10(9)2)23-8-12(22-18)7-19-11-3-4-14(17)13(16)5-11/h3-7H,8,18H2,1-2H3. The predicted octanol–water partition coefficient (Wildman–Crippen LogP) is 3.09. The normalized spacial score (nSPS) is 11.9. The third-order valence-electron chi connectivity index (χ3n) is 2.98. The third kappa shape index (κ3) is 4.82. The largest absolute Gasteiger partial charge is 0.457 e. The van der Waals surface area contributed by atoms with Crippen molar-refractivity contribution in [3.63, 3.8) is 0 Å². The predicted molar refractivity (Wildman–Crippen MR) is 90.9 cm³/mol. The lowest BCUT2D eigenvalue weighted by atomic mass is 10.3. The van der Waals surface area contributed by atoms with Gasteiger partial charge in [-0.2, -0.15) is 5.10 Å². The Labute approximate surface area is 141 Å². The number of halogens is 2. The zero-order valence-electron chi connectivity index (χ0n) is 12.6. The fraction of sp³-hybridized carbons (Fsp3) is 0.200. The summed E-state index contributed by atoms with van der Waals surface area (Å²) in [6.45, 7) is 3.86. The molecule has 1 aromatic carbocycles. The summed E-state index contributed by atoms with van der Waals surface area (Å²) >= 11 is 3.10. The van der Waals surface area contributed by atoms with Gasteiger partial charge in [-0.25, -0.2) is 14.4 Å². The number of nitrogens with two attached hydrogens (primary N) is 1. The van der Waals surface area contributed by atoms with Crippen LogP contribution in [-0.2, 0) is 0 Å². The first-order valence-corrected chi connectivity index (χ1v) is 7.48. The Morgan fingerprint density at radius 3 is 2.87 bits per heavy atom. The molecule has 2 N–H and O–H groups in total. The summed E-state index contributed by atoms with van der Waals surface area (Å²) in [5, 5.41) is 3.60. The average Bonchev–Trinajstić information content (AvgIpc) is 2.54. The molecule has 0 spiro atoms. The summed E-state index contributed by atoms with van der Waals surface area (Å²) in [4.78, 5) is 12.4. The van der Waals surface area contributed by atoms with Gasteiger partial charge in [-0.3, -0.25) is 4.99 Å². The minimum atomic E-state index is -0.355. The van der Waals surface area contributed by atoms with E-state index in [4.69, 9.17) is 10.6 Å². The molecular formula is C15H15BrFN5O. The van der Waals surface area contributed by atoms with Crippen molar-refractivity contribution in [1.82, 2.24) is 9.97 Å². The van der Waals surface area contributed by atoms with E-state index in [1.807, 2.05) is 13.8 Å². The van der Waals surface area contributed by atoms with Crippen LogP contribution in [0.1, 0.15) is 11.3 Å². The van der Waals surface area contributed by atoms with E-state index in [0.717, 1.165) is 11.3 Å². The van der Waals surface area contributed by atoms with Gasteiger partial charge < -0.3 is 10.6 Å². The van der Waals surface area contributed by atoms with Gasteiger partial charge in [-0.15, -0.1) is 0 Å². The molecule has 120 valence electrons. The number of hydrogen-bond donors (Lipinski definition) is 1. The molecule has 0 aliphatic carbocycles. The van der Waals surface area contributed by atoms with Crippen molar-refractivity contribution < 1.29 is 9.13 Å². The van der Waals surface area contributed by atoms with Crippen molar-refractivity contribution >= 4 is 33.5 Å². The maximum Gasteiger partial charge on any atom is 0.316 e. The molecule has 6 nitrogen and oxygen atoms in total. The number of aliphatic imine (C=N–C) groups is 1. The van der Waals surface area contributed by atoms with E-state index in [-0.39, 0.29) is 18.4 Å². The van der Waals surface area contributed by atoms with Crippen molar-refractivity contribution in [3.8, 4) is 6.01 Å². The SMILES string of the molecule is Cc1cnc(OCC(C=Nc2ccc(F)c(Br)c2)=NN)nc1C. The molecule has 1 heterocycles. The Kier molecular flexibility index (Phi) is 5.75. The number of rotatable bonds is 5. The second-order valence-corrected chi connectivity index (χ2v) is 5.54. The van der Waals surface area contributed by atoms with E-state index in [9.17, 15) is 4.39 Å². The number of hydrazone groups is 1. The number of ether oxygens (including phenoxy) is 1. The Bertz CT molecular complexity index is 764. The summed E-state index contributed by atoms with van der Waals surface area (Å²) in [6, 6.07) is 4.65. The van der Waals surface area contributed by atoms with Crippen molar-refractivity contribution in [2.45, 2.75) is 13.8 Å². The second kappa shape index (κ2) is 7.77. The van der Waals surface area contributed by atoms with Crippen LogP contribution in [0.15, 0.2) is 39.0 Å². The lowest BCUT2D eigenvalue weighted by Gasteiger charge is -2.05. The van der Waals surface area contributed by atoms with Gasteiger partial charge in [0.25, 0.3) is 0 Å². The second-order valence-electron chi connectivity index (χ2n) is 4.69. The highest BCUT2D eigenvalue weighted by Gasteiger charge is 2.04. The number of hydrogen-bond acceptors (Lipinski definition) is 6. The molecule has 0 unspecified atom stereocenters. The van der Waals surface area contributed by atoms with Crippen LogP contribution in [0.5, 0.6) is 6.01 Å². The fourth-order valence-corrected chi connectivity index (χ4v) is 1.90. The molecule has 0 fully saturated rings. The van der Waals surface area contributed by atoms with Crippen LogP contribution in [0, 0.1) is 19.7 Å². The maximum absolute atomic E-state index is 13.2. The summed E-state index contributed by atoms with van der Waals surface area (Å²) < 4.78 is 18.9. The quantitative estimate of drug-likeness (QED) is 0.491. The van der Waals surface area contributed by atoms with Gasteiger partial charge >= 0.3 is 6.01 Å². The van der Waals surface area contributed by atoms with Crippen LogP contribution < -0.4 is 10.6 Å². The highest BCUT2D eigenvalue weighted by molar-refractivity contribution is 9.10. The van der Waals surface area contributed by atoms with Crippen LogP contribution in [0.3, 0.4) is 0 Å². The molecule has 0 saturated heterocycles. The van der Waals surface area contributed by atoms with E-state index in [0.29, 0.717) is 15.9 Å². The molecule has 0 aliphatic heterocycles. The minimum absolute atomic E-state index is 0.0743. The Morgan fingerprint density at radius 2 is 2.22 bits per heavy atom. The van der Waals surface area contributed by atoms with Crippen LogP contribution in [0.4, 0.5) is 10.1 Å². The van der Waals surface area contributed by atoms with Crippen LogP contribution in [0.25, 0.3) is 0 Å². The smallest absolute Gasteiger partial charge is 0.316 e. The van der Waals surface area contributed by atoms with Crippen LogP contribution in [-0.4, -0.2) is 28.5 Å². The fourth-order valence-electron chi connectivity index (χ4n) is 1.54. The Morgan fingerprint density at radius 1 is 1.43 bits per heavy atom. The maximum atomic E-state index is 13.2. The molecule has 0 bridgehead atoms. The van der Waals surface area contributed by atoms with Crippen molar-refractivity contribution in [1.29, 1.82) is 0 Å². The summed E-state index contributed by atoms with van der Waals surface area (Å²) in [5.41, 5.74) is 2.77. The van der Waals surface area contributed by atoms with Gasteiger partial charge in [0.15, 0.2) is 0 Å². The minimum Gasteiger partial charge on any atom is -0.457 e. The van der Waals surface area contributed by atoms with Gasteiger partial charge in [0, 0.05) is 11.9 Å². The first-order valence-electron chi connectivity index (χ1n) is 6.68. The van der Waals surface area contributed by atoms with Gasteiger partial charge in [0.2, 0.25) is 0 Å². The summed E-state index contributed by atoms with van der Waals surface area (Å²) in [6.07, 6.45) is 3.13. The Hall–Kier alpha value is -2.35. The topological polar surface area (TPSA) is 85.8 Å². The van der Waals surface area contributed by atoms with Crippen molar-refractivity contribution in [2.75, 3.05) is 6.61 Å². The van der Waals surface area contributed by atoms with E-state index in [1.165, 1.54) is 18.3 Å². The molecule has 0 saturated carbocycles. The van der Waals surface area contributed by atoms with E-state index in [1.54, 1.807) is 12.3 Å². The summed E-state index contributed by atoms with van der Waals surface area (Å²) in [7, 11) is 0. The first kappa shape index (κ1) is 17.0. The van der Waals surface area contributed by atoms with Gasteiger partial charge in [-0.05, 0) is 53.5 Å². The third-order valence-corrected chi connectivity index (χ3v) is 3.59. The number of benzene rings is 1. The molecule has 0 radical (unpaired) electrons. The molecule has 8 heteroatoms. The molecule has 23 heavy (non-hydrogen) atoms. The molecule has 1 aromatic heterocycles. The highest BCUT2D eigenvalue weighted by atomic mass is 79.9. The van der Waals surface area contributed by atoms with E-state index >= 15 is 0 Å². The monoisotopic (exact) mass is 379 g/mol. The Balaban J connectivity index is 2.01. The van der Waals surface area contributed by atoms with Crippen molar-refractivity contribution in [2.24, 2.45) is 15.9 Å². The lowest BCUT2D eigenvalue weighted by Crippen LogP contribution is -2.16. The van der Waals surface area contributed by atoms with Gasteiger partial charge in [0.1, 0.15) is 18.1 Å². The van der Waals surface area contributed by atoms with E-state index < -0.39 is 0 Å². The van der Waals surface area contributed by atoms with E-state index in [2.05, 4.69) is 36.0 Å². The number of aromatic nitrogens is 2. The van der Waals surface area contributed by atoms with Crippen LogP contribution in [0.2, 0.25) is 0 Å². The molecule has 0 aliphatic rings. The molecule has 2 rings (SSSR count).